The average Bonchev–Trinajstić information content (AvgIpc) is 2.49. The van der Waals surface area contributed by atoms with E-state index in [0.29, 0.717) is 44.5 Å². The Labute approximate surface area is 143 Å². The van der Waals surface area contributed by atoms with Crippen molar-refractivity contribution >= 4 is 5.91 Å². The van der Waals surface area contributed by atoms with E-state index in [-0.39, 0.29) is 17.6 Å². The molecule has 0 aromatic heterocycles. The predicted octanol–water partition coefficient (Wildman–Crippen LogP) is 3.65. The van der Waals surface area contributed by atoms with Crippen molar-refractivity contribution in [1.82, 2.24) is 5.32 Å². The largest absolute Gasteiger partial charge is 0.491 e. The van der Waals surface area contributed by atoms with Crippen LogP contribution in [-0.4, -0.2) is 32.3 Å². The smallest absolute Gasteiger partial charge is 0.220 e. The van der Waals surface area contributed by atoms with Crippen LogP contribution in [0.5, 0.6) is 5.75 Å². The van der Waals surface area contributed by atoms with E-state index in [4.69, 9.17) is 9.47 Å². The summed E-state index contributed by atoms with van der Waals surface area (Å²) in [4.78, 5) is 11.6. The molecular formula is C19H28FNO3. The van der Waals surface area contributed by atoms with Gasteiger partial charge in [-0.1, -0.05) is 26.3 Å². The number of ether oxygens (including phenoxy) is 2. The summed E-state index contributed by atoms with van der Waals surface area (Å²) in [5.41, 5.74) is 0.986. The van der Waals surface area contributed by atoms with Gasteiger partial charge in [-0.2, -0.15) is 0 Å². The van der Waals surface area contributed by atoms with E-state index in [9.17, 15) is 9.18 Å². The SMILES string of the molecule is CC(C)c1ccc(F)cc1OCCOCCNC(=O)CC1CCC1. The lowest BCUT2D eigenvalue weighted by Crippen LogP contribution is -2.30. The van der Waals surface area contributed by atoms with Gasteiger partial charge in [-0.15, -0.1) is 0 Å². The molecule has 1 fully saturated rings. The van der Waals surface area contributed by atoms with Gasteiger partial charge in [0.25, 0.3) is 0 Å². The Kier molecular flexibility index (Phi) is 7.50. The van der Waals surface area contributed by atoms with Crippen molar-refractivity contribution in [2.24, 2.45) is 5.92 Å². The maximum atomic E-state index is 13.3. The Hall–Kier alpha value is -1.62. The van der Waals surface area contributed by atoms with Gasteiger partial charge in [-0.25, -0.2) is 4.39 Å². The second-order valence-electron chi connectivity index (χ2n) is 6.65. The molecule has 1 aromatic carbocycles. The summed E-state index contributed by atoms with van der Waals surface area (Å²) >= 11 is 0. The number of carbonyl (C=O) groups excluding carboxylic acids is 1. The molecule has 1 aromatic rings. The number of benzene rings is 1. The van der Waals surface area contributed by atoms with Crippen LogP contribution in [0.3, 0.4) is 0 Å². The number of rotatable bonds is 10. The fourth-order valence-corrected chi connectivity index (χ4v) is 2.72. The highest BCUT2D eigenvalue weighted by Gasteiger charge is 2.20. The van der Waals surface area contributed by atoms with Crippen LogP contribution >= 0.6 is 0 Å². The number of carbonyl (C=O) groups is 1. The monoisotopic (exact) mass is 337 g/mol. The highest BCUT2D eigenvalue weighted by atomic mass is 19.1. The van der Waals surface area contributed by atoms with Gasteiger partial charge >= 0.3 is 0 Å². The number of amides is 1. The molecule has 1 aliphatic carbocycles. The molecule has 1 N–H and O–H groups in total. The first-order chi connectivity index (χ1) is 11.6. The Morgan fingerprint density at radius 2 is 2.08 bits per heavy atom. The molecule has 0 heterocycles. The maximum absolute atomic E-state index is 13.3. The van der Waals surface area contributed by atoms with Crippen molar-refractivity contribution in [1.29, 1.82) is 0 Å². The molecule has 1 amide bonds. The van der Waals surface area contributed by atoms with Gasteiger partial charge in [0.15, 0.2) is 0 Å². The Balaban J connectivity index is 1.56. The highest BCUT2D eigenvalue weighted by molar-refractivity contribution is 5.76. The molecule has 4 nitrogen and oxygen atoms in total. The second kappa shape index (κ2) is 9.62. The summed E-state index contributed by atoms with van der Waals surface area (Å²) in [5, 5.41) is 2.87. The van der Waals surface area contributed by atoms with Crippen LogP contribution in [0.4, 0.5) is 4.39 Å². The minimum absolute atomic E-state index is 0.112. The molecule has 0 saturated heterocycles. The molecule has 0 bridgehead atoms. The van der Waals surface area contributed by atoms with Crippen LogP contribution < -0.4 is 10.1 Å². The third-order valence-electron chi connectivity index (χ3n) is 4.35. The summed E-state index contributed by atoms with van der Waals surface area (Å²) in [5.74, 6) is 1.24. The standard InChI is InChI=1S/C19H28FNO3/c1-14(2)17-7-6-16(20)13-18(17)24-11-10-23-9-8-21-19(22)12-15-4-3-5-15/h6-7,13-15H,3-5,8-12H2,1-2H3,(H,21,22). The predicted molar refractivity (Wildman–Crippen MR) is 91.8 cm³/mol. The van der Waals surface area contributed by atoms with E-state index < -0.39 is 0 Å². The topological polar surface area (TPSA) is 47.6 Å². The number of hydrogen-bond acceptors (Lipinski definition) is 3. The van der Waals surface area contributed by atoms with Crippen LogP contribution in [0.1, 0.15) is 51.0 Å². The van der Waals surface area contributed by atoms with Crippen molar-refractivity contribution in [3.63, 3.8) is 0 Å². The van der Waals surface area contributed by atoms with Crippen molar-refractivity contribution < 1.29 is 18.7 Å². The van der Waals surface area contributed by atoms with Gasteiger partial charge in [-0.3, -0.25) is 4.79 Å². The lowest BCUT2D eigenvalue weighted by Gasteiger charge is -2.24. The third-order valence-corrected chi connectivity index (χ3v) is 4.35. The van der Waals surface area contributed by atoms with Gasteiger partial charge < -0.3 is 14.8 Å². The zero-order chi connectivity index (χ0) is 17.4. The maximum Gasteiger partial charge on any atom is 0.220 e. The van der Waals surface area contributed by atoms with E-state index in [0.717, 1.165) is 5.56 Å². The minimum Gasteiger partial charge on any atom is -0.491 e. The third kappa shape index (κ3) is 6.11. The van der Waals surface area contributed by atoms with Crippen molar-refractivity contribution in [3.05, 3.63) is 29.6 Å². The van der Waals surface area contributed by atoms with Crippen molar-refractivity contribution in [2.45, 2.75) is 45.4 Å². The number of hydrogen-bond donors (Lipinski definition) is 1. The summed E-state index contributed by atoms with van der Waals surface area (Å²) in [7, 11) is 0. The molecule has 5 heteroatoms. The van der Waals surface area contributed by atoms with Gasteiger partial charge in [0.2, 0.25) is 5.91 Å². The lowest BCUT2D eigenvalue weighted by molar-refractivity contribution is -0.122. The van der Waals surface area contributed by atoms with Gasteiger partial charge in [0.05, 0.1) is 13.2 Å². The highest BCUT2D eigenvalue weighted by Crippen LogP contribution is 2.29. The van der Waals surface area contributed by atoms with E-state index in [1.807, 2.05) is 13.8 Å². The molecule has 0 aliphatic heterocycles. The molecular weight excluding hydrogens is 309 g/mol. The quantitative estimate of drug-likeness (QED) is 0.663. The molecule has 0 unspecified atom stereocenters. The van der Waals surface area contributed by atoms with E-state index in [2.05, 4.69) is 5.32 Å². The van der Waals surface area contributed by atoms with Crippen LogP contribution in [0.15, 0.2) is 18.2 Å². The van der Waals surface area contributed by atoms with E-state index in [1.54, 1.807) is 6.07 Å². The molecule has 0 spiro atoms. The van der Waals surface area contributed by atoms with Crippen LogP contribution in [-0.2, 0) is 9.53 Å². The number of halogens is 1. The first kappa shape index (κ1) is 18.7. The van der Waals surface area contributed by atoms with Crippen LogP contribution in [0, 0.1) is 11.7 Å². The summed E-state index contributed by atoms with van der Waals surface area (Å²) < 4.78 is 24.4. The minimum atomic E-state index is -0.301. The number of nitrogens with one attached hydrogen (secondary N) is 1. The van der Waals surface area contributed by atoms with E-state index in [1.165, 1.54) is 31.4 Å². The fraction of sp³-hybridized carbons (Fsp3) is 0.632. The van der Waals surface area contributed by atoms with Crippen LogP contribution in [0.25, 0.3) is 0 Å². The summed E-state index contributed by atoms with van der Waals surface area (Å²) in [6, 6.07) is 4.62. The zero-order valence-electron chi connectivity index (χ0n) is 14.6. The van der Waals surface area contributed by atoms with Crippen molar-refractivity contribution in [2.75, 3.05) is 26.4 Å². The van der Waals surface area contributed by atoms with Gasteiger partial charge in [-0.05, 0) is 36.3 Å². The average molecular weight is 337 g/mol. The second-order valence-corrected chi connectivity index (χ2v) is 6.65. The van der Waals surface area contributed by atoms with E-state index >= 15 is 0 Å². The summed E-state index contributed by atoms with van der Waals surface area (Å²) in [6.07, 6.45) is 4.25. The first-order valence-electron chi connectivity index (χ1n) is 8.83. The zero-order valence-corrected chi connectivity index (χ0v) is 14.6. The molecule has 24 heavy (non-hydrogen) atoms. The van der Waals surface area contributed by atoms with Crippen LogP contribution in [0.2, 0.25) is 0 Å². The lowest BCUT2D eigenvalue weighted by atomic mass is 9.83. The molecule has 1 aliphatic rings. The summed E-state index contributed by atoms with van der Waals surface area (Å²) in [6.45, 7) is 5.83. The molecule has 2 rings (SSSR count). The van der Waals surface area contributed by atoms with Gasteiger partial charge in [0.1, 0.15) is 18.2 Å². The Bertz CT molecular complexity index is 529. The first-order valence-corrected chi connectivity index (χ1v) is 8.83. The van der Waals surface area contributed by atoms with Crippen molar-refractivity contribution in [3.8, 4) is 5.75 Å². The molecule has 0 atom stereocenters. The Morgan fingerprint density at radius 3 is 2.75 bits per heavy atom. The van der Waals surface area contributed by atoms with Gasteiger partial charge in [0, 0.05) is 19.0 Å². The normalized spacial score (nSPS) is 14.5. The Morgan fingerprint density at radius 1 is 1.29 bits per heavy atom. The molecule has 1 saturated carbocycles. The fourth-order valence-electron chi connectivity index (χ4n) is 2.72. The molecule has 134 valence electrons. The molecule has 0 radical (unpaired) electrons.